The third-order valence-corrected chi connectivity index (χ3v) is 3.10. The molecule has 1 rings (SSSR count). The van der Waals surface area contributed by atoms with E-state index in [-0.39, 0.29) is 30.9 Å². The Hall–Kier alpha value is -1.84. The molecule has 0 N–H and O–H groups in total. The van der Waals surface area contributed by atoms with Gasteiger partial charge in [0.25, 0.3) is 0 Å². The predicted molar refractivity (Wildman–Crippen MR) is 80.7 cm³/mol. The van der Waals surface area contributed by atoms with Gasteiger partial charge in [0.1, 0.15) is 6.10 Å². The zero-order valence-corrected chi connectivity index (χ0v) is 12.8. The normalized spacial score (nSPS) is 11.7. The average Bonchev–Trinajstić information content (AvgIpc) is 2.48. The molecule has 0 saturated heterocycles. The highest BCUT2D eigenvalue weighted by Gasteiger charge is 2.12. The van der Waals surface area contributed by atoms with Crippen molar-refractivity contribution in [3.05, 3.63) is 35.9 Å². The number of unbranched alkanes of at least 4 members (excludes halogenated alkanes) is 1. The Labute approximate surface area is 126 Å². The number of rotatable bonds is 9. The number of benzene rings is 1. The van der Waals surface area contributed by atoms with Gasteiger partial charge in [-0.3, -0.25) is 9.59 Å². The van der Waals surface area contributed by atoms with Crippen molar-refractivity contribution < 1.29 is 19.1 Å². The van der Waals surface area contributed by atoms with Gasteiger partial charge in [0.05, 0.1) is 6.61 Å². The molecule has 0 bridgehead atoms. The first-order valence-corrected chi connectivity index (χ1v) is 7.53. The van der Waals surface area contributed by atoms with Gasteiger partial charge in [-0.05, 0) is 25.3 Å². The van der Waals surface area contributed by atoms with Crippen molar-refractivity contribution in [1.82, 2.24) is 0 Å². The lowest BCUT2D eigenvalue weighted by atomic mass is 10.1. The van der Waals surface area contributed by atoms with E-state index in [4.69, 9.17) is 9.47 Å². The van der Waals surface area contributed by atoms with Crippen molar-refractivity contribution in [2.24, 2.45) is 0 Å². The Morgan fingerprint density at radius 1 is 1.05 bits per heavy atom. The molecule has 4 heteroatoms. The zero-order valence-electron chi connectivity index (χ0n) is 12.8. The molecule has 0 radical (unpaired) electrons. The molecule has 0 aliphatic carbocycles. The van der Waals surface area contributed by atoms with Gasteiger partial charge >= 0.3 is 11.9 Å². The molecule has 0 aliphatic heterocycles. The van der Waals surface area contributed by atoms with Gasteiger partial charge < -0.3 is 9.47 Å². The summed E-state index contributed by atoms with van der Waals surface area (Å²) in [6.07, 6.45) is 2.57. The molecule has 0 aromatic heterocycles. The van der Waals surface area contributed by atoms with E-state index in [2.05, 4.69) is 0 Å². The molecule has 0 spiro atoms. The standard InChI is InChI=1S/C17H24O4/c1-3-4-13-20-16(18)11-8-12-17(19)21-14(2)15-9-6-5-7-10-15/h5-7,9-10,14H,3-4,8,11-13H2,1-2H3. The summed E-state index contributed by atoms with van der Waals surface area (Å²) in [6, 6.07) is 9.58. The van der Waals surface area contributed by atoms with Gasteiger partial charge in [-0.25, -0.2) is 0 Å². The first-order valence-electron chi connectivity index (χ1n) is 7.53. The van der Waals surface area contributed by atoms with Crippen LogP contribution in [0.5, 0.6) is 0 Å². The van der Waals surface area contributed by atoms with Crippen LogP contribution in [0.25, 0.3) is 0 Å². The highest BCUT2D eigenvalue weighted by atomic mass is 16.5. The second-order valence-corrected chi connectivity index (χ2v) is 4.97. The second kappa shape index (κ2) is 9.97. The molecule has 1 aromatic rings. The van der Waals surface area contributed by atoms with Crippen LogP contribution in [0.4, 0.5) is 0 Å². The quantitative estimate of drug-likeness (QED) is 0.513. The molecule has 0 fully saturated rings. The average molecular weight is 292 g/mol. The van der Waals surface area contributed by atoms with E-state index in [9.17, 15) is 9.59 Å². The van der Waals surface area contributed by atoms with Crippen LogP contribution in [-0.4, -0.2) is 18.5 Å². The summed E-state index contributed by atoms with van der Waals surface area (Å²) in [5.74, 6) is -0.528. The summed E-state index contributed by atoms with van der Waals surface area (Å²) in [4.78, 5) is 23.1. The van der Waals surface area contributed by atoms with Gasteiger partial charge in [0.2, 0.25) is 0 Å². The first kappa shape index (κ1) is 17.2. The van der Waals surface area contributed by atoms with E-state index in [1.165, 1.54) is 0 Å². The van der Waals surface area contributed by atoms with E-state index < -0.39 is 0 Å². The maximum atomic E-state index is 11.7. The molecule has 1 unspecified atom stereocenters. The summed E-state index contributed by atoms with van der Waals surface area (Å²) >= 11 is 0. The van der Waals surface area contributed by atoms with E-state index in [0.717, 1.165) is 18.4 Å². The summed E-state index contributed by atoms with van der Waals surface area (Å²) in [5.41, 5.74) is 0.963. The molecule has 0 aliphatic rings. The molecule has 0 heterocycles. The molecule has 0 saturated carbocycles. The third kappa shape index (κ3) is 7.49. The molecule has 116 valence electrons. The fourth-order valence-electron chi connectivity index (χ4n) is 1.83. The molecule has 1 atom stereocenters. The maximum absolute atomic E-state index is 11.7. The highest BCUT2D eigenvalue weighted by molar-refractivity contribution is 5.72. The number of esters is 2. The van der Waals surface area contributed by atoms with Crippen molar-refractivity contribution in [2.75, 3.05) is 6.61 Å². The maximum Gasteiger partial charge on any atom is 0.306 e. The zero-order chi connectivity index (χ0) is 15.5. The Kier molecular flexibility index (Phi) is 8.17. The Morgan fingerprint density at radius 2 is 1.71 bits per heavy atom. The monoisotopic (exact) mass is 292 g/mol. The largest absolute Gasteiger partial charge is 0.466 e. The number of hydrogen-bond acceptors (Lipinski definition) is 4. The fraction of sp³-hybridized carbons (Fsp3) is 0.529. The molecule has 4 nitrogen and oxygen atoms in total. The fourth-order valence-corrected chi connectivity index (χ4v) is 1.83. The minimum Gasteiger partial charge on any atom is -0.466 e. The van der Waals surface area contributed by atoms with Crippen LogP contribution in [0.15, 0.2) is 30.3 Å². The summed E-state index contributed by atoms with van der Waals surface area (Å²) in [6.45, 7) is 4.34. The number of carbonyl (C=O) groups excluding carboxylic acids is 2. The second-order valence-electron chi connectivity index (χ2n) is 4.97. The smallest absolute Gasteiger partial charge is 0.306 e. The molecule has 0 amide bonds. The van der Waals surface area contributed by atoms with Crippen LogP contribution in [0.2, 0.25) is 0 Å². The van der Waals surface area contributed by atoms with Crippen molar-refractivity contribution in [3.63, 3.8) is 0 Å². The highest BCUT2D eigenvalue weighted by Crippen LogP contribution is 2.17. The van der Waals surface area contributed by atoms with Crippen LogP contribution in [-0.2, 0) is 19.1 Å². The van der Waals surface area contributed by atoms with Crippen LogP contribution in [0.1, 0.15) is 57.6 Å². The lowest BCUT2D eigenvalue weighted by Gasteiger charge is -2.13. The van der Waals surface area contributed by atoms with Crippen molar-refractivity contribution in [1.29, 1.82) is 0 Å². The summed E-state index contributed by atoms with van der Waals surface area (Å²) < 4.78 is 10.3. The van der Waals surface area contributed by atoms with Gasteiger partial charge in [-0.1, -0.05) is 43.7 Å². The van der Waals surface area contributed by atoms with Crippen molar-refractivity contribution in [2.45, 2.75) is 52.1 Å². The SMILES string of the molecule is CCCCOC(=O)CCCC(=O)OC(C)c1ccccc1. The van der Waals surface area contributed by atoms with E-state index in [1.807, 2.05) is 44.2 Å². The van der Waals surface area contributed by atoms with Gasteiger partial charge in [0, 0.05) is 12.8 Å². The van der Waals surface area contributed by atoms with Gasteiger partial charge in [-0.2, -0.15) is 0 Å². The number of hydrogen-bond donors (Lipinski definition) is 0. The summed E-state index contributed by atoms with van der Waals surface area (Å²) in [7, 11) is 0. The van der Waals surface area contributed by atoms with Crippen molar-refractivity contribution >= 4 is 11.9 Å². The molecular formula is C17H24O4. The van der Waals surface area contributed by atoms with Crippen molar-refractivity contribution in [3.8, 4) is 0 Å². The Morgan fingerprint density at radius 3 is 2.38 bits per heavy atom. The topological polar surface area (TPSA) is 52.6 Å². The van der Waals surface area contributed by atoms with Crippen LogP contribution in [0.3, 0.4) is 0 Å². The third-order valence-electron chi connectivity index (χ3n) is 3.10. The number of carbonyl (C=O) groups is 2. The van der Waals surface area contributed by atoms with Crippen LogP contribution in [0, 0.1) is 0 Å². The summed E-state index contributed by atoms with van der Waals surface area (Å²) in [5, 5.41) is 0. The van der Waals surface area contributed by atoms with E-state index in [1.54, 1.807) is 0 Å². The Bertz CT molecular complexity index is 428. The van der Waals surface area contributed by atoms with Crippen LogP contribution >= 0.6 is 0 Å². The van der Waals surface area contributed by atoms with E-state index in [0.29, 0.717) is 13.0 Å². The first-order chi connectivity index (χ1) is 10.1. The minimum atomic E-state index is -0.285. The Balaban J connectivity index is 2.18. The van der Waals surface area contributed by atoms with Gasteiger partial charge in [-0.15, -0.1) is 0 Å². The molecule has 21 heavy (non-hydrogen) atoms. The molecular weight excluding hydrogens is 268 g/mol. The molecule has 1 aromatic carbocycles. The lowest BCUT2D eigenvalue weighted by molar-refractivity contribution is -0.149. The number of ether oxygens (including phenoxy) is 2. The minimum absolute atomic E-state index is 0.236. The lowest BCUT2D eigenvalue weighted by Crippen LogP contribution is -2.10. The van der Waals surface area contributed by atoms with Crippen LogP contribution < -0.4 is 0 Å². The predicted octanol–water partition coefficient (Wildman–Crippen LogP) is 3.80. The van der Waals surface area contributed by atoms with E-state index >= 15 is 0 Å². The van der Waals surface area contributed by atoms with Gasteiger partial charge in [0.15, 0.2) is 0 Å².